The van der Waals surface area contributed by atoms with Crippen molar-refractivity contribution in [2.24, 2.45) is 17.3 Å². The van der Waals surface area contributed by atoms with Gasteiger partial charge in [0.1, 0.15) is 5.78 Å². The molecule has 100 valence electrons. The van der Waals surface area contributed by atoms with E-state index in [4.69, 9.17) is 9.47 Å². The Morgan fingerprint density at radius 3 is 2.56 bits per heavy atom. The molecule has 0 unspecified atom stereocenters. The van der Waals surface area contributed by atoms with E-state index in [9.17, 15) is 4.79 Å². The molecule has 3 aliphatic rings. The first-order valence-electron chi connectivity index (χ1n) is 7.05. The molecule has 0 aromatic carbocycles. The third-order valence-corrected chi connectivity index (χ3v) is 4.43. The third kappa shape index (κ3) is 2.15. The standard InChI is InChI=1S/C15H22O3/c1-15(2)8-17-14(18-9-15)11-6-10-4-3-5-13(16)12(10)7-11/h10,12H,3-9H2,1-2H3/t10-,12+/m0/s1. The lowest BCUT2D eigenvalue weighted by molar-refractivity contribution is -0.125. The van der Waals surface area contributed by atoms with E-state index >= 15 is 0 Å². The predicted octanol–water partition coefficient (Wildman–Crippen LogP) is 3.05. The second-order valence-corrected chi connectivity index (χ2v) is 6.77. The first kappa shape index (κ1) is 12.1. The van der Waals surface area contributed by atoms with Crippen molar-refractivity contribution in [3.8, 4) is 0 Å². The van der Waals surface area contributed by atoms with Crippen molar-refractivity contribution >= 4 is 5.78 Å². The number of fused-ring (bicyclic) bond motifs is 1. The van der Waals surface area contributed by atoms with Gasteiger partial charge in [0.15, 0.2) is 0 Å². The van der Waals surface area contributed by atoms with Gasteiger partial charge in [-0.1, -0.05) is 13.8 Å². The highest BCUT2D eigenvalue weighted by Crippen LogP contribution is 2.45. The van der Waals surface area contributed by atoms with E-state index in [-0.39, 0.29) is 11.3 Å². The van der Waals surface area contributed by atoms with Crippen LogP contribution in [0.15, 0.2) is 11.5 Å². The van der Waals surface area contributed by atoms with Crippen molar-refractivity contribution in [2.75, 3.05) is 13.2 Å². The van der Waals surface area contributed by atoms with E-state index in [0.717, 1.165) is 44.8 Å². The lowest BCUT2D eigenvalue weighted by Gasteiger charge is -2.32. The maximum Gasteiger partial charge on any atom is 0.278 e. The molecular formula is C15H22O3. The average Bonchev–Trinajstić information content (AvgIpc) is 2.74. The quantitative estimate of drug-likeness (QED) is 0.663. The molecule has 3 rings (SSSR count). The van der Waals surface area contributed by atoms with Crippen LogP contribution < -0.4 is 0 Å². The summed E-state index contributed by atoms with van der Waals surface area (Å²) in [6.45, 7) is 5.73. The van der Waals surface area contributed by atoms with Crippen molar-refractivity contribution in [1.82, 2.24) is 0 Å². The molecule has 3 heteroatoms. The minimum absolute atomic E-state index is 0.102. The predicted molar refractivity (Wildman–Crippen MR) is 67.8 cm³/mol. The summed E-state index contributed by atoms with van der Waals surface area (Å²) in [6.07, 6.45) is 4.92. The van der Waals surface area contributed by atoms with Crippen LogP contribution in [0.4, 0.5) is 0 Å². The summed E-state index contributed by atoms with van der Waals surface area (Å²) in [6, 6.07) is 0. The van der Waals surface area contributed by atoms with Gasteiger partial charge in [-0.3, -0.25) is 4.79 Å². The molecule has 0 bridgehead atoms. The van der Waals surface area contributed by atoms with E-state index in [1.54, 1.807) is 0 Å². The van der Waals surface area contributed by atoms with Gasteiger partial charge in [0.25, 0.3) is 5.95 Å². The average molecular weight is 250 g/mol. The topological polar surface area (TPSA) is 35.5 Å². The monoisotopic (exact) mass is 250 g/mol. The molecule has 2 atom stereocenters. The van der Waals surface area contributed by atoms with Gasteiger partial charge in [0.05, 0.1) is 13.2 Å². The summed E-state index contributed by atoms with van der Waals surface area (Å²) in [5, 5.41) is 0. The van der Waals surface area contributed by atoms with E-state index in [1.165, 1.54) is 12.0 Å². The molecule has 0 radical (unpaired) electrons. The van der Waals surface area contributed by atoms with Crippen LogP contribution in [-0.4, -0.2) is 19.0 Å². The Hall–Kier alpha value is -0.990. The summed E-state index contributed by atoms with van der Waals surface area (Å²) < 4.78 is 11.5. The minimum Gasteiger partial charge on any atom is -0.465 e. The van der Waals surface area contributed by atoms with E-state index < -0.39 is 0 Å². The van der Waals surface area contributed by atoms with Crippen LogP contribution in [0.1, 0.15) is 46.0 Å². The molecule has 3 fully saturated rings. The molecule has 1 saturated heterocycles. The largest absolute Gasteiger partial charge is 0.465 e. The Bertz CT molecular complexity index is 383. The van der Waals surface area contributed by atoms with E-state index in [1.807, 2.05) is 0 Å². The highest BCUT2D eigenvalue weighted by Gasteiger charge is 2.40. The SMILES string of the molecule is CC1(C)COC(=C2C[C@@H]3CCCC(=O)[C@@H]3C2)OC1. The number of hydrogen-bond acceptors (Lipinski definition) is 3. The van der Waals surface area contributed by atoms with Crippen LogP contribution in [0.2, 0.25) is 0 Å². The molecule has 0 aromatic rings. The normalized spacial score (nSPS) is 34.9. The number of ether oxygens (including phenoxy) is 2. The van der Waals surface area contributed by atoms with Gasteiger partial charge < -0.3 is 9.47 Å². The zero-order valence-electron chi connectivity index (χ0n) is 11.3. The number of ketones is 1. The van der Waals surface area contributed by atoms with Crippen LogP contribution in [0.25, 0.3) is 0 Å². The third-order valence-electron chi connectivity index (χ3n) is 4.43. The lowest BCUT2D eigenvalue weighted by atomic mass is 9.81. The number of Topliss-reactive ketones (excluding diaryl/α,β-unsaturated/α-hetero) is 1. The maximum atomic E-state index is 11.9. The van der Waals surface area contributed by atoms with Crippen molar-refractivity contribution in [1.29, 1.82) is 0 Å². The van der Waals surface area contributed by atoms with Gasteiger partial charge in [-0.25, -0.2) is 0 Å². The second kappa shape index (κ2) is 4.29. The highest BCUT2D eigenvalue weighted by molar-refractivity contribution is 5.82. The van der Waals surface area contributed by atoms with Gasteiger partial charge in [-0.15, -0.1) is 0 Å². The number of carbonyl (C=O) groups excluding carboxylic acids is 1. The number of hydrogen-bond donors (Lipinski definition) is 0. The number of rotatable bonds is 0. The molecule has 0 spiro atoms. The minimum atomic E-state index is 0.102. The van der Waals surface area contributed by atoms with Gasteiger partial charge in [-0.2, -0.15) is 0 Å². The fourth-order valence-corrected chi connectivity index (χ4v) is 3.35. The van der Waals surface area contributed by atoms with Crippen LogP contribution in [0.3, 0.4) is 0 Å². The van der Waals surface area contributed by atoms with Crippen LogP contribution >= 0.6 is 0 Å². The van der Waals surface area contributed by atoms with Gasteiger partial charge in [0, 0.05) is 23.3 Å². The van der Waals surface area contributed by atoms with Crippen LogP contribution in [0.5, 0.6) is 0 Å². The highest BCUT2D eigenvalue weighted by atomic mass is 16.7. The summed E-state index contributed by atoms with van der Waals surface area (Å²) in [5.41, 5.74) is 1.35. The molecule has 3 nitrogen and oxygen atoms in total. The van der Waals surface area contributed by atoms with Crippen LogP contribution in [-0.2, 0) is 14.3 Å². The number of allylic oxidation sites excluding steroid dienone is 1. The summed E-state index contributed by atoms with van der Waals surface area (Å²) in [4.78, 5) is 11.9. The summed E-state index contributed by atoms with van der Waals surface area (Å²) >= 11 is 0. The fraction of sp³-hybridized carbons (Fsp3) is 0.800. The molecule has 0 amide bonds. The van der Waals surface area contributed by atoms with Crippen LogP contribution in [0, 0.1) is 17.3 Å². The maximum absolute atomic E-state index is 11.9. The van der Waals surface area contributed by atoms with Crippen molar-refractivity contribution in [3.63, 3.8) is 0 Å². The van der Waals surface area contributed by atoms with Crippen molar-refractivity contribution in [3.05, 3.63) is 11.5 Å². The molecule has 0 N–H and O–H groups in total. The summed E-state index contributed by atoms with van der Waals surface area (Å²) in [5.74, 6) is 1.99. The van der Waals surface area contributed by atoms with E-state index in [2.05, 4.69) is 13.8 Å². The van der Waals surface area contributed by atoms with Gasteiger partial charge in [-0.05, 0) is 31.6 Å². The molecular weight excluding hydrogens is 228 g/mol. The van der Waals surface area contributed by atoms with Gasteiger partial charge >= 0.3 is 0 Å². The molecule has 18 heavy (non-hydrogen) atoms. The lowest BCUT2D eigenvalue weighted by Crippen LogP contribution is -2.31. The number of carbonyl (C=O) groups is 1. The zero-order valence-corrected chi connectivity index (χ0v) is 11.3. The first-order valence-corrected chi connectivity index (χ1v) is 7.05. The Labute approximate surface area is 109 Å². The van der Waals surface area contributed by atoms with Gasteiger partial charge in [0.2, 0.25) is 0 Å². The second-order valence-electron chi connectivity index (χ2n) is 6.77. The Morgan fingerprint density at radius 2 is 1.89 bits per heavy atom. The molecule has 1 heterocycles. The van der Waals surface area contributed by atoms with Crippen molar-refractivity contribution < 1.29 is 14.3 Å². The fourth-order valence-electron chi connectivity index (χ4n) is 3.35. The zero-order chi connectivity index (χ0) is 12.8. The summed E-state index contributed by atoms with van der Waals surface area (Å²) in [7, 11) is 0. The molecule has 2 aliphatic carbocycles. The van der Waals surface area contributed by atoms with E-state index in [0.29, 0.717) is 11.7 Å². The Morgan fingerprint density at radius 1 is 1.17 bits per heavy atom. The molecule has 0 aromatic heterocycles. The Kier molecular flexibility index (Phi) is 2.87. The van der Waals surface area contributed by atoms with Crippen molar-refractivity contribution in [2.45, 2.75) is 46.0 Å². The smallest absolute Gasteiger partial charge is 0.278 e. The molecule has 1 aliphatic heterocycles. The molecule has 2 saturated carbocycles. The first-order chi connectivity index (χ1) is 8.55. The Balaban J connectivity index is 1.73.